The van der Waals surface area contributed by atoms with E-state index < -0.39 is 0 Å². The van der Waals surface area contributed by atoms with Gasteiger partial charge in [0.15, 0.2) is 5.82 Å². The number of nitrogens with one attached hydrogen (secondary N) is 1. The molecule has 0 unspecified atom stereocenters. The molecule has 28 heavy (non-hydrogen) atoms. The van der Waals surface area contributed by atoms with Crippen LogP contribution in [0.5, 0.6) is 0 Å². The van der Waals surface area contributed by atoms with E-state index in [1.54, 1.807) is 6.08 Å². The third-order valence-corrected chi connectivity index (χ3v) is 5.23. The Morgan fingerprint density at radius 3 is 3.00 bits per heavy atom. The Morgan fingerprint density at radius 2 is 2.14 bits per heavy atom. The van der Waals surface area contributed by atoms with Crippen LogP contribution in [0, 0.1) is 0 Å². The van der Waals surface area contributed by atoms with Crippen LogP contribution in [0.1, 0.15) is 19.3 Å². The average molecular weight is 392 g/mol. The van der Waals surface area contributed by atoms with Crippen LogP contribution in [0.15, 0.2) is 54.4 Å². The first-order chi connectivity index (χ1) is 13.6. The number of amides is 1. The molecule has 2 heterocycles. The number of carbonyl (C=O) groups excluding carboxylic acids is 1. The number of thiocarbonyl (C=S) groups is 1. The van der Waals surface area contributed by atoms with Gasteiger partial charge in [0.25, 0.3) is 5.91 Å². The van der Waals surface area contributed by atoms with Crippen LogP contribution in [0.25, 0.3) is 21.9 Å². The molecule has 3 N–H and O–H groups in total. The summed E-state index contributed by atoms with van der Waals surface area (Å²) in [5.74, 6) is 0.359. The van der Waals surface area contributed by atoms with Gasteiger partial charge in [0.2, 0.25) is 0 Å². The lowest BCUT2D eigenvalue weighted by molar-refractivity contribution is -0.117. The van der Waals surface area contributed by atoms with Crippen molar-refractivity contribution in [2.24, 2.45) is 0 Å². The van der Waals surface area contributed by atoms with Gasteiger partial charge < -0.3 is 15.6 Å². The number of rotatable bonds is 6. The molecule has 7 heteroatoms. The van der Waals surface area contributed by atoms with Crippen molar-refractivity contribution in [2.75, 3.05) is 12.3 Å². The molecule has 6 nitrogen and oxygen atoms in total. The standard InChI is InChI=1S/C21H21N5OS/c22-20-18-19(14-7-1-3-9-16(14)25-20)26(13-24-18)12-6-5-11-23-21(27)15-8-2-4-10-17(15)28/h1-4,7-9,13H,5-6,10-12H2,(H2,22,25)(H,23,27). The van der Waals surface area contributed by atoms with E-state index in [2.05, 4.69) is 19.9 Å². The van der Waals surface area contributed by atoms with Gasteiger partial charge in [-0.2, -0.15) is 0 Å². The maximum atomic E-state index is 12.2. The van der Waals surface area contributed by atoms with E-state index in [9.17, 15) is 4.79 Å². The van der Waals surface area contributed by atoms with E-state index in [0.29, 0.717) is 29.2 Å². The van der Waals surface area contributed by atoms with Crippen molar-refractivity contribution in [3.63, 3.8) is 0 Å². The van der Waals surface area contributed by atoms with E-state index in [0.717, 1.165) is 41.3 Å². The molecule has 142 valence electrons. The van der Waals surface area contributed by atoms with Crippen LogP contribution >= 0.6 is 12.2 Å². The van der Waals surface area contributed by atoms with Crippen molar-refractivity contribution in [1.29, 1.82) is 0 Å². The Balaban J connectivity index is 1.39. The summed E-state index contributed by atoms with van der Waals surface area (Å²) < 4.78 is 2.11. The number of unbranched alkanes of at least 4 members (excludes halogenated alkanes) is 1. The number of aryl methyl sites for hydroxylation is 1. The second kappa shape index (κ2) is 7.90. The zero-order chi connectivity index (χ0) is 19.5. The molecule has 0 radical (unpaired) electrons. The summed E-state index contributed by atoms with van der Waals surface area (Å²) in [5, 5.41) is 4.00. The molecular formula is C21H21N5OS. The summed E-state index contributed by atoms with van der Waals surface area (Å²) >= 11 is 5.25. The molecule has 4 rings (SSSR count). The number of nitrogen functional groups attached to an aromatic ring is 1. The number of pyridine rings is 1. The maximum Gasteiger partial charge on any atom is 0.252 e. The highest BCUT2D eigenvalue weighted by atomic mass is 32.1. The number of aromatic nitrogens is 3. The molecule has 1 aliphatic carbocycles. The summed E-state index contributed by atoms with van der Waals surface area (Å²) in [7, 11) is 0. The zero-order valence-corrected chi connectivity index (χ0v) is 16.2. The lowest BCUT2D eigenvalue weighted by atomic mass is 10.0. The van der Waals surface area contributed by atoms with Crippen molar-refractivity contribution in [2.45, 2.75) is 25.8 Å². The van der Waals surface area contributed by atoms with Gasteiger partial charge in [0, 0.05) is 29.8 Å². The van der Waals surface area contributed by atoms with Gasteiger partial charge in [-0.25, -0.2) is 9.97 Å². The smallest absolute Gasteiger partial charge is 0.252 e. The minimum Gasteiger partial charge on any atom is -0.382 e. The number of hydrogen-bond acceptors (Lipinski definition) is 5. The molecular weight excluding hydrogens is 370 g/mol. The molecule has 0 fully saturated rings. The fraction of sp³-hybridized carbons (Fsp3) is 0.238. The lowest BCUT2D eigenvalue weighted by Crippen LogP contribution is -2.29. The summed E-state index contributed by atoms with van der Waals surface area (Å²) in [6.07, 6.45) is 9.85. The zero-order valence-electron chi connectivity index (χ0n) is 15.4. The van der Waals surface area contributed by atoms with Crippen molar-refractivity contribution < 1.29 is 4.79 Å². The van der Waals surface area contributed by atoms with Crippen molar-refractivity contribution in [3.8, 4) is 0 Å². The predicted octanol–water partition coefficient (Wildman–Crippen LogP) is 3.32. The number of allylic oxidation sites excluding steroid dienone is 3. The molecule has 3 aromatic rings. The van der Waals surface area contributed by atoms with E-state index in [4.69, 9.17) is 18.0 Å². The molecule has 0 atom stereocenters. The Morgan fingerprint density at radius 1 is 1.29 bits per heavy atom. The molecule has 1 aliphatic rings. The number of nitrogens with zero attached hydrogens (tertiary/aromatic N) is 3. The first-order valence-corrected chi connectivity index (χ1v) is 9.73. The molecule has 0 spiro atoms. The number of para-hydroxylation sites is 1. The van der Waals surface area contributed by atoms with Crippen LogP contribution in [0.4, 0.5) is 5.82 Å². The Hall–Kier alpha value is -3.06. The van der Waals surface area contributed by atoms with E-state index in [-0.39, 0.29) is 5.91 Å². The minimum absolute atomic E-state index is 0.0905. The molecule has 1 amide bonds. The monoisotopic (exact) mass is 391 g/mol. The van der Waals surface area contributed by atoms with Crippen molar-refractivity contribution in [3.05, 3.63) is 54.4 Å². The average Bonchev–Trinajstić information content (AvgIpc) is 3.13. The molecule has 0 aliphatic heterocycles. The number of imidazole rings is 1. The highest BCUT2D eigenvalue weighted by molar-refractivity contribution is 7.81. The highest BCUT2D eigenvalue weighted by Gasteiger charge is 2.15. The third-order valence-electron chi connectivity index (χ3n) is 4.84. The second-order valence-electron chi connectivity index (χ2n) is 6.75. The van der Waals surface area contributed by atoms with Gasteiger partial charge in [-0.05, 0) is 25.0 Å². The fourth-order valence-electron chi connectivity index (χ4n) is 3.42. The van der Waals surface area contributed by atoms with Crippen molar-refractivity contribution in [1.82, 2.24) is 19.9 Å². The SMILES string of the molecule is Nc1nc2ccccc2c2c1ncn2CCCCNC(=O)C1=CC=CCC1=S. The summed E-state index contributed by atoms with van der Waals surface area (Å²) in [6.45, 7) is 1.41. The van der Waals surface area contributed by atoms with Crippen LogP contribution < -0.4 is 11.1 Å². The molecule has 1 aromatic carbocycles. The van der Waals surface area contributed by atoms with Crippen LogP contribution in [0.3, 0.4) is 0 Å². The van der Waals surface area contributed by atoms with Gasteiger partial charge in [0.1, 0.15) is 5.52 Å². The number of nitrogens with two attached hydrogens (primary N) is 1. The largest absolute Gasteiger partial charge is 0.382 e. The first-order valence-electron chi connectivity index (χ1n) is 9.32. The molecule has 0 saturated heterocycles. The van der Waals surface area contributed by atoms with Gasteiger partial charge >= 0.3 is 0 Å². The van der Waals surface area contributed by atoms with Gasteiger partial charge in [-0.15, -0.1) is 0 Å². The van der Waals surface area contributed by atoms with Crippen LogP contribution in [-0.2, 0) is 11.3 Å². The lowest BCUT2D eigenvalue weighted by Gasteiger charge is -2.11. The van der Waals surface area contributed by atoms with Crippen LogP contribution in [-0.4, -0.2) is 31.9 Å². The Kier molecular flexibility index (Phi) is 5.16. The Bertz CT molecular complexity index is 1130. The topological polar surface area (TPSA) is 85.8 Å². The number of carbonyl (C=O) groups is 1. The summed E-state index contributed by atoms with van der Waals surface area (Å²) in [5.41, 5.74) is 9.29. The number of anilines is 1. The fourth-order valence-corrected chi connectivity index (χ4v) is 3.68. The molecule has 2 aromatic heterocycles. The second-order valence-corrected chi connectivity index (χ2v) is 7.24. The van der Waals surface area contributed by atoms with Crippen LogP contribution in [0.2, 0.25) is 0 Å². The number of hydrogen-bond donors (Lipinski definition) is 2. The van der Waals surface area contributed by atoms with E-state index in [1.807, 2.05) is 42.7 Å². The first kappa shape index (κ1) is 18.3. The van der Waals surface area contributed by atoms with Crippen molar-refractivity contribution >= 4 is 50.7 Å². The number of fused-ring (bicyclic) bond motifs is 3. The summed E-state index contributed by atoms with van der Waals surface area (Å²) in [4.78, 5) is 21.8. The molecule has 0 saturated carbocycles. The van der Waals surface area contributed by atoms with E-state index >= 15 is 0 Å². The quantitative estimate of drug-likeness (QED) is 0.497. The van der Waals surface area contributed by atoms with E-state index in [1.165, 1.54) is 0 Å². The third kappa shape index (κ3) is 3.53. The maximum absolute atomic E-state index is 12.2. The highest BCUT2D eigenvalue weighted by Crippen LogP contribution is 2.27. The van der Waals surface area contributed by atoms with Gasteiger partial charge in [-0.1, -0.05) is 42.6 Å². The van der Waals surface area contributed by atoms with Gasteiger partial charge in [0.05, 0.1) is 22.9 Å². The molecule has 0 bridgehead atoms. The number of benzene rings is 1. The Labute approximate surface area is 168 Å². The minimum atomic E-state index is -0.0905. The normalized spacial score (nSPS) is 13.9. The van der Waals surface area contributed by atoms with Gasteiger partial charge in [-0.3, -0.25) is 4.79 Å². The summed E-state index contributed by atoms with van der Waals surface area (Å²) in [6, 6.07) is 7.94. The predicted molar refractivity (Wildman–Crippen MR) is 116 cm³/mol.